The van der Waals surface area contributed by atoms with Gasteiger partial charge in [0.05, 0.1) is 18.6 Å². The van der Waals surface area contributed by atoms with Gasteiger partial charge in [-0.1, -0.05) is 90.7 Å². The Kier molecular flexibility index (Phi) is 8.40. The van der Waals surface area contributed by atoms with Crippen molar-refractivity contribution in [2.24, 2.45) is 0 Å². The third kappa shape index (κ3) is 5.78. The van der Waals surface area contributed by atoms with Gasteiger partial charge in [-0.3, -0.25) is 9.69 Å². The van der Waals surface area contributed by atoms with Crippen molar-refractivity contribution in [1.29, 1.82) is 0 Å². The van der Waals surface area contributed by atoms with Crippen LogP contribution in [0.2, 0.25) is 0 Å². The summed E-state index contributed by atoms with van der Waals surface area (Å²) in [7, 11) is 1.57. The molecule has 4 rings (SSSR count). The van der Waals surface area contributed by atoms with Gasteiger partial charge in [-0.15, -0.1) is 0 Å². The van der Waals surface area contributed by atoms with Gasteiger partial charge in [0.25, 0.3) is 5.91 Å². The summed E-state index contributed by atoms with van der Waals surface area (Å²) < 4.78 is 17.0. The van der Waals surface area contributed by atoms with E-state index in [0.717, 1.165) is 22.9 Å². The lowest BCUT2D eigenvalue weighted by molar-refractivity contribution is -0.151. The Bertz CT molecular complexity index is 1280. The van der Waals surface area contributed by atoms with Crippen molar-refractivity contribution < 1.29 is 23.8 Å². The lowest BCUT2D eigenvalue weighted by atomic mass is 10.1. The Hall–Kier alpha value is -3.62. The van der Waals surface area contributed by atoms with Gasteiger partial charge in [-0.2, -0.15) is 0 Å². The number of thiocarbonyl (C=S) groups is 1. The number of benzene rings is 3. The van der Waals surface area contributed by atoms with Crippen LogP contribution in [0.5, 0.6) is 11.5 Å². The Morgan fingerprint density at radius 2 is 1.72 bits per heavy atom. The maximum Gasteiger partial charge on any atom is 0.333 e. The van der Waals surface area contributed by atoms with Gasteiger partial charge in [0.1, 0.15) is 10.9 Å². The fourth-order valence-corrected chi connectivity index (χ4v) is 5.04. The predicted molar refractivity (Wildman–Crippen MR) is 145 cm³/mol. The lowest BCUT2D eigenvalue weighted by Gasteiger charge is -2.25. The summed E-state index contributed by atoms with van der Waals surface area (Å²) in [6.45, 7) is 2.33. The molecule has 1 amide bonds. The Morgan fingerprint density at radius 1 is 1.03 bits per heavy atom. The van der Waals surface area contributed by atoms with Crippen LogP contribution in [-0.4, -0.2) is 34.8 Å². The highest BCUT2D eigenvalue weighted by Gasteiger charge is 2.42. The van der Waals surface area contributed by atoms with Crippen LogP contribution in [0.15, 0.2) is 83.8 Å². The lowest BCUT2D eigenvalue weighted by Crippen LogP contribution is -2.38. The first-order valence-corrected chi connectivity index (χ1v) is 12.6. The largest absolute Gasteiger partial charge is 0.493 e. The summed E-state index contributed by atoms with van der Waals surface area (Å²) in [5, 5.41) is 0. The molecule has 0 bridgehead atoms. The highest BCUT2D eigenvalue weighted by molar-refractivity contribution is 8.26. The van der Waals surface area contributed by atoms with E-state index in [0.29, 0.717) is 32.9 Å². The quantitative estimate of drug-likeness (QED) is 0.202. The van der Waals surface area contributed by atoms with Gasteiger partial charge in [-0.05, 0) is 41.8 Å². The zero-order chi connectivity index (χ0) is 25.5. The summed E-state index contributed by atoms with van der Waals surface area (Å²) in [4.78, 5) is 28.0. The molecule has 1 aliphatic rings. The van der Waals surface area contributed by atoms with Crippen LogP contribution in [0, 0.1) is 0 Å². The highest BCUT2D eigenvalue weighted by atomic mass is 32.2. The van der Waals surface area contributed by atoms with Gasteiger partial charge >= 0.3 is 5.97 Å². The molecule has 3 aromatic carbocycles. The van der Waals surface area contributed by atoms with Crippen LogP contribution in [-0.2, 0) is 20.9 Å². The van der Waals surface area contributed by atoms with Crippen molar-refractivity contribution >= 4 is 46.3 Å². The van der Waals surface area contributed by atoms with E-state index in [4.69, 9.17) is 26.4 Å². The number of amides is 1. The molecule has 6 nitrogen and oxygen atoms in total. The maximum absolute atomic E-state index is 13.4. The molecular weight excluding hydrogens is 494 g/mol. The molecular formula is C28H25NO5S2. The second-order valence-electron chi connectivity index (χ2n) is 7.80. The zero-order valence-corrected chi connectivity index (χ0v) is 21.5. The summed E-state index contributed by atoms with van der Waals surface area (Å²) in [6.07, 6.45) is 1.73. The molecule has 1 unspecified atom stereocenters. The molecule has 0 N–H and O–H groups in total. The second kappa shape index (κ2) is 11.9. The normalized spacial score (nSPS) is 15.2. The van der Waals surface area contributed by atoms with E-state index < -0.39 is 12.0 Å². The van der Waals surface area contributed by atoms with Crippen LogP contribution in [0.3, 0.4) is 0 Å². The van der Waals surface area contributed by atoms with Crippen molar-refractivity contribution in [3.8, 4) is 11.5 Å². The van der Waals surface area contributed by atoms with Gasteiger partial charge in [0, 0.05) is 0 Å². The summed E-state index contributed by atoms with van der Waals surface area (Å²) in [5.41, 5.74) is 2.42. The monoisotopic (exact) mass is 519 g/mol. The molecule has 0 saturated carbocycles. The first-order valence-electron chi connectivity index (χ1n) is 11.3. The van der Waals surface area contributed by atoms with Crippen LogP contribution in [0.4, 0.5) is 0 Å². The highest BCUT2D eigenvalue weighted by Crippen LogP contribution is 2.39. The Morgan fingerprint density at radius 3 is 2.39 bits per heavy atom. The number of thioether (sulfide) groups is 1. The molecule has 3 aromatic rings. The molecule has 184 valence electrons. The number of carbonyl (C=O) groups is 2. The van der Waals surface area contributed by atoms with Gasteiger partial charge in [0.2, 0.25) is 0 Å². The Balaban J connectivity index is 1.57. The van der Waals surface area contributed by atoms with E-state index in [1.165, 1.54) is 4.90 Å². The zero-order valence-electron chi connectivity index (χ0n) is 19.9. The predicted octanol–water partition coefficient (Wildman–Crippen LogP) is 5.78. The molecule has 1 heterocycles. The number of hydrogen-bond donors (Lipinski definition) is 0. The number of rotatable bonds is 9. The van der Waals surface area contributed by atoms with Gasteiger partial charge in [0.15, 0.2) is 17.5 Å². The summed E-state index contributed by atoms with van der Waals surface area (Å²) >= 11 is 6.66. The van der Waals surface area contributed by atoms with E-state index in [-0.39, 0.29) is 12.5 Å². The fraction of sp³-hybridized carbons (Fsp3) is 0.179. The third-order valence-corrected chi connectivity index (χ3v) is 6.76. The maximum atomic E-state index is 13.4. The molecule has 1 fully saturated rings. The average Bonchev–Trinajstić information content (AvgIpc) is 3.17. The summed E-state index contributed by atoms with van der Waals surface area (Å²) in [5.74, 6) is 0.263. The summed E-state index contributed by atoms with van der Waals surface area (Å²) in [6, 6.07) is 23.4. The molecule has 8 heteroatoms. The first kappa shape index (κ1) is 25.5. The van der Waals surface area contributed by atoms with E-state index in [2.05, 4.69) is 0 Å². The van der Waals surface area contributed by atoms with E-state index >= 15 is 0 Å². The minimum absolute atomic E-state index is 0.200. The minimum Gasteiger partial charge on any atom is -0.493 e. The van der Waals surface area contributed by atoms with Crippen molar-refractivity contribution in [2.75, 3.05) is 13.7 Å². The molecule has 0 radical (unpaired) electrons. The molecule has 36 heavy (non-hydrogen) atoms. The molecule has 0 aromatic heterocycles. The third-order valence-electron chi connectivity index (χ3n) is 5.43. The van der Waals surface area contributed by atoms with Crippen LogP contribution < -0.4 is 9.47 Å². The first-order chi connectivity index (χ1) is 17.5. The van der Waals surface area contributed by atoms with Gasteiger partial charge < -0.3 is 14.2 Å². The Labute approximate surface area is 219 Å². The van der Waals surface area contributed by atoms with Crippen LogP contribution in [0.1, 0.15) is 29.7 Å². The van der Waals surface area contributed by atoms with Crippen LogP contribution >= 0.6 is 24.0 Å². The van der Waals surface area contributed by atoms with Crippen LogP contribution in [0.25, 0.3) is 6.08 Å². The average molecular weight is 520 g/mol. The van der Waals surface area contributed by atoms with Crippen molar-refractivity contribution in [3.63, 3.8) is 0 Å². The number of nitrogens with zero attached hydrogens (tertiary/aromatic N) is 1. The number of methoxy groups -OCH3 is 1. The molecule has 1 aliphatic heterocycles. The molecule has 0 aliphatic carbocycles. The van der Waals surface area contributed by atoms with E-state index in [1.54, 1.807) is 44.4 Å². The van der Waals surface area contributed by atoms with Crippen molar-refractivity contribution in [3.05, 3.63) is 100 Å². The standard InChI is InChI=1S/C28H25NO5S2/c1-3-33-27(31)25(21-12-8-5-9-13-21)29-26(30)24(36-28(29)35)17-20-14-15-22(23(16-20)32-2)34-18-19-10-6-4-7-11-19/h4-17,25H,3,18H2,1-2H3/b24-17-. The molecule has 1 atom stereocenters. The van der Waals surface area contributed by atoms with Crippen molar-refractivity contribution in [1.82, 2.24) is 4.90 Å². The minimum atomic E-state index is -0.951. The molecule has 0 spiro atoms. The smallest absolute Gasteiger partial charge is 0.333 e. The van der Waals surface area contributed by atoms with E-state index in [1.807, 2.05) is 54.6 Å². The second-order valence-corrected chi connectivity index (χ2v) is 9.48. The number of hydrogen-bond acceptors (Lipinski definition) is 7. The topological polar surface area (TPSA) is 65.1 Å². The van der Waals surface area contributed by atoms with E-state index in [9.17, 15) is 9.59 Å². The SMILES string of the molecule is CCOC(=O)C(c1ccccc1)N1C(=O)/C(=C/c2ccc(OCc3ccccc3)c(OC)c2)SC1=S. The van der Waals surface area contributed by atoms with Gasteiger partial charge in [-0.25, -0.2) is 4.79 Å². The molecule has 1 saturated heterocycles. The number of esters is 1. The van der Waals surface area contributed by atoms with Crippen molar-refractivity contribution in [2.45, 2.75) is 19.6 Å². The number of ether oxygens (including phenoxy) is 3. The number of carbonyl (C=O) groups excluding carboxylic acids is 2. The fourth-order valence-electron chi connectivity index (χ4n) is 3.73.